The van der Waals surface area contributed by atoms with Crippen molar-refractivity contribution in [2.75, 3.05) is 7.11 Å². The van der Waals surface area contributed by atoms with Gasteiger partial charge in [0.25, 0.3) is 0 Å². The molecule has 0 aliphatic carbocycles. The van der Waals surface area contributed by atoms with Crippen LogP contribution in [0.1, 0.15) is 5.56 Å². The molecule has 0 N–H and O–H groups in total. The van der Waals surface area contributed by atoms with Gasteiger partial charge >= 0.3 is 5.97 Å². The van der Waals surface area contributed by atoms with Crippen molar-refractivity contribution in [1.82, 2.24) is 0 Å². The van der Waals surface area contributed by atoms with E-state index >= 15 is 0 Å². The predicted octanol–water partition coefficient (Wildman–Crippen LogP) is 3.29. The standard InChI is InChI=1S/C11H9Cl2NO2S/c1-16-11(15)10(17-6-14)5-7-4-8(12)2-3-9(7)13/h2-4,10H,5H2,1H3/t10-/m0/s1. The number of nitriles is 1. The molecule has 0 saturated heterocycles. The van der Waals surface area contributed by atoms with Crippen LogP contribution < -0.4 is 0 Å². The number of rotatable bonds is 4. The average Bonchev–Trinajstić information content (AvgIpc) is 2.32. The number of nitrogens with zero attached hydrogens (tertiary/aromatic N) is 1. The quantitative estimate of drug-likeness (QED) is 0.630. The van der Waals surface area contributed by atoms with Gasteiger partial charge in [-0.1, -0.05) is 23.2 Å². The van der Waals surface area contributed by atoms with Crippen molar-refractivity contribution in [2.45, 2.75) is 11.7 Å². The first-order valence-corrected chi connectivity index (χ1v) is 6.28. The Morgan fingerprint density at radius 3 is 2.88 bits per heavy atom. The zero-order valence-corrected chi connectivity index (χ0v) is 11.3. The number of carbonyl (C=O) groups excluding carboxylic acids is 1. The van der Waals surface area contributed by atoms with Gasteiger partial charge in [-0.25, -0.2) is 0 Å². The highest BCUT2D eigenvalue weighted by Gasteiger charge is 2.21. The number of thiocyanates is 1. The van der Waals surface area contributed by atoms with Crippen molar-refractivity contribution in [1.29, 1.82) is 5.26 Å². The molecular formula is C11H9Cl2NO2S. The van der Waals surface area contributed by atoms with E-state index < -0.39 is 11.2 Å². The molecule has 0 aromatic heterocycles. The van der Waals surface area contributed by atoms with E-state index in [4.69, 9.17) is 28.5 Å². The van der Waals surface area contributed by atoms with Gasteiger partial charge < -0.3 is 4.74 Å². The lowest BCUT2D eigenvalue weighted by molar-refractivity contribution is -0.139. The van der Waals surface area contributed by atoms with Gasteiger partial charge in [0.2, 0.25) is 0 Å². The van der Waals surface area contributed by atoms with Crippen molar-refractivity contribution in [2.24, 2.45) is 0 Å². The molecule has 0 bridgehead atoms. The number of methoxy groups -OCH3 is 1. The second kappa shape index (κ2) is 6.75. The molecule has 0 unspecified atom stereocenters. The Kier molecular flexibility index (Phi) is 5.63. The maximum atomic E-state index is 11.4. The van der Waals surface area contributed by atoms with Crippen LogP contribution in [-0.2, 0) is 16.0 Å². The van der Waals surface area contributed by atoms with Crippen LogP contribution in [0.15, 0.2) is 18.2 Å². The third-order valence-corrected chi connectivity index (χ3v) is 3.42. The SMILES string of the molecule is COC(=O)[C@H](Cc1cc(Cl)ccc1Cl)SC#N. The second-order valence-electron chi connectivity index (χ2n) is 3.16. The van der Waals surface area contributed by atoms with E-state index in [1.165, 1.54) is 7.11 Å². The molecule has 17 heavy (non-hydrogen) atoms. The summed E-state index contributed by atoms with van der Waals surface area (Å²) in [5, 5.41) is 11.0. The normalized spacial score (nSPS) is 11.6. The molecule has 3 nitrogen and oxygen atoms in total. The molecule has 0 spiro atoms. The number of thioether (sulfide) groups is 1. The minimum Gasteiger partial charge on any atom is -0.468 e. The molecule has 0 fully saturated rings. The molecule has 6 heteroatoms. The second-order valence-corrected chi connectivity index (χ2v) is 4.99. The van der Waals surface area contributed by atoms with E-state index in [1.54, 1.807) is 18.2 Å². The number of carbonyl (C=O) groups is 1. The molecule has 90 valence electrons. The van der Waals surface area contributed by atoms with Crippen LogP contribution in [-0.4, -0.2) is 18.3 Å². The zero-order valence-electron chi connectivity index (χ0n) is 8.94. The van der Waals surface area contributed by atoms with Crippen molar-refractivity contribution < 1.29 is 9.53 Å². The van der Waals surface area contributed by atoms with Crippen LogP contribution in [0.2, 0.25) is 10.0 Å². The number of halogens is 2. The van der Waals surface area contributed by atoms with E-state index in [-0.39, 0.29) is 0 Å². The first-order chi connectivity index (χ1) is 8.08. The van der Waals surface area contributed by atoms with Gasteiger partial charge in [0.05, 0.1) is 7.11 Å². The maximum Gasteiger partial charge on any atom is 0.320 e. The van der Waals surface area contributed by atoms with Crippen LogP contribution in [0.3, 0.4) is 0 Å². The molecule has 1 rings (SSSR count). The van der Waals surface area contributed by atoms with E-state index in [0.29, 0.717) is 16.5 Å². The maximum absolute atomic E-state index is 11.4. The van der Waals surface area contributed by atoms with Gasteiger partial charge in [0.15, 0.2) is 0 Å². The van der Waals surface area contributed by atoms with Crippen LogP contribution >= 0.6 is 35.0 Å². The van der Waals surface area contributed by atoms with E-state index in [0.717, 1.165) is 17.3 Å². The van der Waals surface area contributed by atoms with Crippen LogP contribution in [0.25, 0.3) is 0 Å². The number of benzene rings is 1. The summed E-state index contributed by atoms with van der Waals surface area (Å²) in [6.07, 6.45) is 0.310. The first kappa shape index (κ1) is 14.2. The lowest BCUT2D eigenvalue weighted by atomic mass is 10.1. The van der Waals surface area contributed by atoms with Gasteiger partial charge in [0.1, 0.15) is 10.7 Å². The average molecular weight is 290 g/mol. The van der Waals surface area contributed by atoms with Gasteiger partial charge in [-0.05, 0) is 41.9 Å². The third-order valence-electron chi connectivity index (χ3n) is 2.07. The highest BCUT2D eigenvalue weighted by Crippen LogP contribution is 2.25. The summed E-state index contributed by atoms with van der Waals surface area (Å²) in [7, 11) is 1.28. The van der Waals surface area contributed by atoms with Crippen molar-refractivity contribution in [3.63, 3.8) is 0 Å². The van der Waals surface area contributed by atoms with E-state index in [2.05, 4.69) is 4.74 Å². The third kappa shape index (κ3) is 4.12. The minimum atomic E-state index is -0.596. The highest BCUT2D eigenvalue weighted by molar-refractivity contribution is 8.04. The van der Waals surface area contributed by atoms with Gasteiger partial charge in [-0.15, -0.1) is 0 Å². The van der Waals surface area contributed by atoms with Crippen molar-refractivity contribution in [3.05, 3.63) is 33.8 Å². The smallest absolute Gasteiger partial charge is 0.320 e. The summed E-state index contributed by atoms with van der Waals surface area (Å²) in [6.45, 7) is 0. The highest BCUT2D eigenvalue weighted by atomic mass is 35.5. The molecule has 0 aliphatic heterocycles. The van der Waals surface area contributed by atoms with Crippen molar-refractivity contribution in [3.8, 4) is 5.40 Å². The van der Waals surface area contributed by atoms with E-state index in [9.17, 15) is 4.79 Å². The summed E-state index contributed by atoms with van der Waals surface area (Å²) >= 11 is 12.7. The van der Waals surface area contributed by atoms with Crippen LogP contribution in [0, 0.1) is 10.7 Å². The minimum absolute atomic E-state index is 0.310. The molecule has 0 heterocycles. The fourth-order valence-corrected chi connectivity index (χ4v) is 2.24. The number of hydrogen-bond acceptors (Lipinski definition) is 4. The lowest BCUT2D eigenvalue weighted by Crippen LogP contribution is -2.21. The lowest BCUT2D eigenvalue weighted by Gasteiger charge is -2.11. The Bertz CT molecular complexity index is 459. The van der Waals surface area contributed by atoms with Crippen LogP contribution in [0.5, 0.6) is 0 Å². The Hall–Kier alpha value is -0.890. The molecule has 0 aliphatic rings. The number of esters is 1. The summed E-state index contributed by atoms with van der Waals surface area (Å²) in [6, 6.07) is 5.00. The molecule has 1 aromatic rings. The molecule has 0 saturated carbocycles. The summed E-state index contributed by atoms with van der Waals surface area (Å²) in [5.41, 5.74) is 0.720. The summed E-state index contributed by atoms with van der Waals surface area (Å²) in [5.74, 6) is -0.451. The van der Waals surface area contributed by atoms with Crippen LogP contribution in [0.4, 0.5) is 0 Å². The molecule has 0 radical (unpaired) electrons. The Labute approximate surface area is 114 Å². The summed E-state index contributed by atoms with van der Waals surface area (Å²) in [4.78, 5) is 11.4. The Morgan fingerprint density at radius 1 is 1.59 bits per heavy atom. The fourth-order valence-electron chi connectivity index (χ4n) is 1.27. The van der Waals surface area contributed by atoms with Crippen molar-refractivity contribution >= 4 is 40.9 Å². The van der Waals surface area contributed by atoms with E-state index in [1.807, 2.05) is 5.40 Å². The van der Waals surface area contributed by atoms with Gasteiger partial charge in [-0.2, -0.15) is 5.26 Å². The Morgan fingerprint density at radius 2 is 2.29 bits per heavy atom. The van der Waals surface area contributed by atoms with Gasteiger partial charge in [0, 0.05) is 10.0 Å². The molecule has 0 amide bonds. The molecule has 1 atom stereocenters. The number of hydrogen-bond donors (Lipinski definition) is 0. The monoisotopic (exact) mass is 289 g/mol. The summed E-state index contributed by atoms with van der Waals surface area (Å²) < 4.78 is 4.62. The zero-order chi connectivity index (χ0) is 12.8. The first-order valence-electron chi connectivity index (χ1n) is 4.65. The molecule has 1 aromatic carbocycles. The largest absolute Gasteiger partial charge is 0.468 e. The van der Waals surface area contributed by atoms with Gasteiger partial charge in [-0.3, -0.25) is 4.79 Å². The fraction of sp³-hybridized carbons (Fsp3) is 0.273. The number of ether oxygens (including phenoxy) is 1. The predicted molar refractivity (Wildman–Crippen MR) is 69.2 cm³/mol. The molecular weight excluding hydrogens is 281 g/mol. The Balaban J connectivity index is 2.89. The topological polar surface area (TPSA) is 50.1 Å².